The molecule has 0 fully saturated rings. The van der Waals surface area contributed by atoms with Crippen molar-refractivity contribution in [3.8, 4) is 5.75 Å². The van der Waals surface area contributed by atoms with Gasteiger partial charge in [0.1, 0.15) is 11.8 Å². The molecule has 0 spiro atoms. The molecule has 2 atom stereocenters. The topological polar surface area (TPSA) is 68.2 Å². The molecule has 2 unspecified atom stereocenters. The van der Waals surface area contributed by atoms with Crippen LogP contribution in [0.1, 0.15) is 44.0 Å². The molecule has 1 heterocycles. The number of rotatable bonds is 7. The molecule has 0 radical (unpaired) electrons. The molecule has 6 nitrogen and oxygen atoms in total. The van der Waals surface area contributed by atoms with Gasteiger partial charge in [-0.3, -0.25) is 9.48 Å². The van der Waals surface area contributed by atoms with Crippen LogP contribution in [0.5, 0.6) is 5.75 Å². The molecule has 0 aliphatic heterocycles. The summed E-state index contributed by atoms with van der Waals surface area (Å²) in [4.78, 5) is 12.5. The van der Waals surface area contributed by atoms with Gasteiger partial charge in [-0.15, -0.1) is 0 Å². The summed E-state index contributed by atoms with van der Waals surface area (Å²) in [6.45, 7) is 5.95. The second-order valence-electron chi connectivity index (χ2n) is 6.13. The highest BCUT2D eigenvalue weighted by Gasteiger charge is 2.22. The van der Waals surface area contributed by atoms with Gasteiger partial charge < -0.3 is 15.4 Å². The first kappa shape index (κ1) is 18.0. The van der Waals surface area contributed by atoms with E-state index in [1.54, 1.807) is 17.9 Å². The first-order chi connectivity index (χ1) is 11.4. The molecule has 2 N–H and O–H groups in total. The largest absolute Gasteiger partial charge is 0.491 e. The minimum Gasteiger partial charge on any atom is -0.491 e. The third-order valence-corrected chi connectivity index (χ3v) is 3.72. The molecule has 6 heteroatoms. The van der Waals surface area contributed by atoms with Crippen molar-refractivity contribution in [2.45, 2.75) is 39.0 Å². The zero-order valence-electron chi connectivity index (χ0n) is 14.9. The fourth-order valence-corrected chi connectivity index (χ4v) is 2.53. The Kier molecular flexibility index (Phi) is 5.98. The number of hydrogen-bond acceptors (Lipinski definition) is 4. The molecule has 0 bridgehead atoms. The third kappa shape index (κ3) is 4.58. The van der Waals surface area contributed by atoms with E-state index in [2.05, 4.69) is 15.7 Å². The molecule has 0 aliphatic carbocycles. The van der Waals surface area contributed by atoms with Crippen LogP contribution in [-0.4, -0.2) is 28.8 Å². The number of nitrogens with one attached hydrogen (secondary N) is 2. The van der Waals surface area contributed by atoms with Gasteiger partial charge in [0, 0.05) is 18.8 Å². The van der Waals surface area contributed by atoms with Gasteiger partial charge in [0.2, 0.25) is 5.91 Å². The second-order valence-corrected chi connectivity index (χ2v) is 6.13. The van der Waals surface area contributed by atoms with E-state index in [1.165, 1.54) is 0 Å². The lowest BCUT2D eigenvalue weighted by Crippen LogP contribution is -2.37. The quantitative estimate of drug-likeness (QED) is 0.818. The van der Waals surface area contributed by atoms with Gasteiger partial charge in [0.25, 0.3) is 0 Å². The fraction of sp³-hybridized carbons (Fsp3) is 0.444. The standard InChI is InChI=1S/C18H26N4O2/c1-12(2)24-16-8-6-14(7-9-16)13(3)21-18(23)17(19-4)15-10-20-22(5)11-15/h6-13,17,19H,1-5H3,(H,21,23). The number of nitrogens with zero attached hydrogens (tertiary/aromatic N) is 2. The Labute approximate surface area is 143 Å². The first-order valence-corrected chi connectivity index (χ1v) is 8.13. The number of amides is 1. The number of hydrogen-bond donors (Lipinski definition) is 2. The highest BCUT2D eigenvalue weighted by Crippen LogP contribution is 2.20. The summed E-state index contributed by atoms with van der Waals surface area (Å²) in [5, 5.41) is 10.2. The van der Waals surface area contributed by atoms with Gasteiger partial charge in [0.05, 0.1) is 18.3 Å². The van der Waals surface area contributed by atoms with Gasteiger partial charge in [0.15, 0.2) is 0 Å². The number of ether oxygens (including phenoxy) is 1. The number of benzene rings is 1. The average molecular weight is 330 g/mol. The predicted octanol–water partition coefficient (Wildman–Crippen LogP) is 2.35. The van der Waals surface area contributed by atoms with Crippen molar-refractivity contribution in [1.82, 2.24) is 20.4 Å². The summed E-state index contributed by atoms with van der Waals surface area (Å²) < 4.78 is 7.32. The van der Waals surface area contributed by atoms with E-state index < -0.39 is 6.04 Å². The number of likely N-dealkylation sites (N-methyl/N-ethyl adjacent to an activating group) is 1. The van der Waals surface area contributed by atoms with Gasteiger partial charge in [-0.05, 0) is 45.5 Å². The van der Waals surface area contributed by atoms with Gasteiger partial charge in [-0.1, -0.05) is 12.1 Å². The molecule has 0 aliphatic rings. The third-order valence-electron chi connectivity index (χ3n) is 3.72. The Bertz CT molecular complexity index is 664. The molecule has 1 aromatic carbocycles. The zero-order chi connectivity index (χ0) is 17.7. The predicted molar refractivity (Wildman–Crippen MR) is 93.8 cm³/mol. The van der Waals surface area contributed by atoms with Crippen molar-refractivity contribution in [3.63, 3.8) is 0 Å². The maximum Gasteiger partial charge on any atom is 0.242 e. The number of aromatic nitrogens is 2. The van der Waals surface area contributed by atoms with E-state index in [9.17, 15) is 4.79 Å². The lowest BCUT2D eigenvalue weighted by Gasteiger charge is -2.20. The number of carbonyl (C=O) groups is 1. The molecule has 1 amide bonds. The SMILES string of the molecule is CNC(C(=O)NC(C)c1ccc(OC(C)C)cc1)c1cnn(C)c1. The zero-order valence-corrected chi connectivity index (χ0v) is 14.9. The van der Waals surface area contributed by atoms with Crippen molar-refractivity contribution >= 4 is 5.91 Å². The summed E-state index contributed by atoms with van der Waals surface area (Å²) in [5.41, 5.74) is 1.87. The van der Waals surface area contributed by atoms with Crippen molar-refractivity contribution in [2.24, 2.45) is 7.05 Å². The van der Waals surface area contributed by atoms with Gasteiger partial charge in [-0.2, -0.15) is 5.10 Å². The van der Waals surface area contributed by atoms with Crippen LogP contribution in [-0.2, 0) is 11.8 Å². The monoisotopic (exact) mass is 330 g/mol. The molecular formula is C18H26N4O2. The lowest BCUT2D eigenvalue weighted by atomic mass is 10.1. The van der Waals surface area contributed by atoms with Crippen molar-refractivity contribution < 1.29 is 9.53 Å². The smallest absolute Gasteiger partial charge is 0.242 e. The number of carbonyl (C=O) groups excluding carboxylic acids is 1. The summed E-state index contributed by atoms with van der Waals surface area (Å²) in [6.07, 6.45) is 3.68. The summed E-state index contributed by atoms with van der Waals surface area (Å²) in [5.74, 6) is 0.747. The minimum atomic E-state index is -0.426. The van der Waals surface area contributed by atoms with E-state index in [-0.39, 0.29) is 18.1 Å². The van der Waals surface area contributed by atoms with Gasteiger partial charge in [-0.25, -0.2) is 0 Å². The number of aryl methyl sites for hydroxylation is 1. The molecule has 24 heavy (non-hydrogen) atoms. The maximum absolute atomic E-state index is 12.5. The Morgan fingerprint density at radius 3 is 2.33 bits per heavy atom. The van der Waals surface area contributed by atoms with Crippen LogP contribution in [0.15, 0.2) is 36.7 Å². The van der Waals surface area contributed by atoms with E-state index in [0.29, 0.717) is 0 Å². The van der Waals surface area contributed by atoms with Crippen LogP contribution in [0, 0.1) is 0 Å². The molecule has 0 saturated carbocycles. The summed E-state index contributed by atoms with van der Waals surface area (Å²) in [6, 6.07) is 7.27. The summed E-state index contributed by atoms with van der Waals surface area (Å²) in [7, 11) is 3.59. The average Bonchev–Trinajstić information content (AvgIpc) is 2.94. The van der Waals surface area contributed by atoms with Crippen LogP contribution in [0.3, 0.4) is 0 Å². The fourth-order valence-electron chi connectivity index (χ4n) is 2.53. The molecular weight excluding hydrogens is 304 g/mol. The second kappa shape index (κ2) is 7.97. The lowest BCUT2D eigenvalue weighted by molar-refractivity contribution is -0.123. The molecule has 2 rings (SSSR count). The van der Waals surface area contributed by atoms with Crippen LogP contribution >= 0.6 is 0 Å². The maximum atomic E-state index is 12.5. The van der Waals surface area contributed by atoms with E-state index >= 15 is 0 Å². The first-order valence-electron chi connectivity index (χ1n) is 8.13. The van der Waals surface area contributed by atoms with Crippen LogP contribution in [0.4, 0.5) is 0 Å². The highest BCUT2D eigenvalue weighted by atomic mass is 16.5. The molecule has 0 saturated heterocycles. The molecule has 2 aromatic rings. The normalized spacial score (nSPS) is 13.6. The van der Waals surface area contributed by atoms with Crippen molar-refractivity contribution in [3.05, 3.63) is 47.8 Å². The van der Waals surface area contributed by atoms with E-state index in [0.717, 1.165) is 16.9 Å². The van der Waals surface area contributed by atoms with Crippen LogP contribution in [0.2, 0.25) is 0 Å². The van der Waals surface area contributed by atoms with Gasteiger partial charge >= 0.3 is 0 Å². The van der Waals surface area contributed by atoms with E-state index in [1.807, 2.05) is 58.3 Å². The Morgan fingerprint density at radius 2 is 1.83 bits per heavy atom. The molecule has 130 valence electrons. The highest BCUT2D eigenvalue weighted by molar-refractivity contribution is 5.83. The van der Waals surface area contributed by atoms with Crippen LogP contribution in [0.25, 0.3) is 0 Å². The van der Waals surface area contributed by atoms with Crippen molar-refractivity contribution in [2.75, 3.05) is 7.05 Å². The molecule has 1 aromatic heterocycles. The van der Waals surface area contributed by atoms with E-state index in [4.69, 9.17) is 4.74 Å². The Hall–Kier alpha value is -2.34. The van der Waals surface area contributed by atoms with Crippen LogP contribution < -0.4 is 15.4 Å². The Morgan fingerprint density at radius 1 is 1.17 bits per heavy atom. The summed E-state index contributed by atoms with van der Waals surface area (Å²) >= 11 is 0. The Balaban J connectivity index is 2.02. The minimum absolute atomic E-state index is 0.0829. The van der Waals surface area contributed by atoms with Crippen molar-refractivity contribution in [1.29, 1.82) is 0 Å².